The normalized spacial score (nSPS) is 10.0. The van der Waals surface area contributed by atoms with Crippen LogP contribution in [0, 0.1) is 0 Å². The zero-order valence-corrected chi connectivity index (χ0v) is 13.4. The van der Waals surface area contributed by atoms with Gasteiger partial charge in [0.25, 0.3) is 0 Å². The fraction of sp³-hybridized carbons (Fsp3) is 0.778. The third-order valence-corrected chi connectivity index (χ3v) is 2.26. The molecule has 0 aliphatic carbocycles. The summed E-state index contributed by atoms with van der Waals surface area (Å²) in [7, 11) is 0. The maximum atomic E-state index is 10.5. The van der Waals surface area contributed by atoms with Gasteiger partial charge in [-0.05, 0) is 0 Å². The first-order valence-electron chi connectivity index (χ1n) is 4.76. The van der Waals surface area contributed by atoms with Gasteiger partial charge in [-0.15, -0.1) is 0 Å². The number of hydrogen-bond donors (Lipinski definition) is 0. The van der Waals surface area contributed by atoms with E-state index in [0.717, 1.165) is 0 Å². The van der Waals surface area contributed by atoms with Crippen LogP contribution in [0.15, 0.2) is 0 Å². The largest absolute Gasteiger partial charge is 0.800 e. The molecule has 0 saturated carbocycles. The van der Waals surface area contributed by atoms with Crippen LogP contribution in [-0.4, -0.2) is 47.8 Å². The Morgan fingerprint density at radius 3 is 1.65 bits per heavy atom. The number of esters is 2. The zero-order chi connectivity index (χ0) is 12.6. The van der Waals surface area contributed by atoms with E-state index in [1.54, 1.807) is 4.90 Å². The van der Waals surface area contributed by atoms with Crippen molar-refractivity contribution in [2.45, 2.75) is 18.6 Å². The molecule has 0 unspecified atom stereocenters. The van der Waals surface area contributed by atoms with Crippen LogP contribution in [0.2, 0.25) is 0 Å². The average molecular weight is 462 g/mol. The Kier molecular flexibility index (Phi) is 13.2. The van der Waals surface area contributed by atoms with Gasteiger partial charge >= 0.3 is 11.9 Å². The molecular weight excluding hydrogens is 447 g/mol. The van der Waals surface area contributed by atoms with E-state index < -0.39 is 4.71 Å². The Hall–Kier alpha value is 0.340. The second-order valence-corrected chi connectivity index (χ2v) is 4.21. The number of ether oxygens (including phenoxy) is 2. The van der Waals surface area contributed by atoms with Crippen molar-refractivity contribution in [3.05, 3.63) is 0 Å². The second-order valence-electron chi connectivity index (χ2n) is 3.02. The Bertz CT molecular complexity index is 221. The monoisotopic (exact) mass is 462 g/mol. The summed E-state index contributed by atoms with van der Waals surface area (Å²) in [5, 5.41) is 0. The average Bonchev–Trinajstić information content (AvgIpc) is 2.14. The molecule has 5 nitrogen and oxygen atoms in total. The second kappa shape index (κ2) is 11.4. The zero-order valence-electron chi connectivity index (χ0n) is 9.60. The van der Waals surface area contributed by atoms with Crippen LogP contribution in [0.5, 0.6) is 0 Å². The molecule has 0 N–H and O–H groups in total. The van der Waals surface area contributed by atoms with E-state index in [9.17, 15) is 9.59 Å². The summed E-state index contributed by atoms with van der Waals surface area (Å²) in [5.41, 5.74) is 0. The van der Waals surface area contributed by atoms with Gasteiger partial charge in [0.2, 0.25) is 0 Å². The molecule has 0 spiro atoms. The van der Waals surface area contributed by atoms with E-state index in [4.69, 9.17) is 34.7 Å². The van der Waals surface area contributed by atoms with Gasteiger partial charge < -0.3 is 39.6 Å². The van der Waals surface area contributed by atoms with Crippen LogP contribution in [-0.2, 0) is 66.7 Å². The molecule has 105 valence electrons. The van der Waals surface area contributed by atoms with Gasteiger partial charge in [0.1, 0.15) is 13.2 Å². The standard InChI is InChI=1S/C9H17NO4S2.Au/c1-7(11)13-5-3-10(9(15)16)4-6-14-8(2)12;/h9,15-16H,3-6H2,1-2H3;/p-2. The predicted molar refractivity (Wildman–Crippen MR) is 63.4 cm³/mol. The molecule has 0 aromatic rings. The molecule has 0 atom stereocenters. The van der Waals surface area contributed by atoms with Gasteiger partial charge in [0.05, 0.1) is 0 Å². The maximum absolute atomic E-state index is 10.5. The topological polar surface area (TPSA) is 55.8 Å². The van der Waals surface area contributed by atoms with Gasteiger partial charge in [-0.25, -0.2) is 4.71 Å². The third kappa shape index (κ3) is 12.6. The van der Waals surface area contributed by atoms with E-state index in [1.165, 1.54) is 13.8 Å². The molecule has 0 aliphatic heterocycles. The maximum Gasteiger partial charge on any atom is 0.302 e. The Balaban J connectivity index is 0. The van der Waals surface area contributed by atoms with Crippen LogP contribution in [0.1, 0.15) is 13.8 Å². The molecule has 0 rings (SSSR count). The number of rotatable bonds is 7. The molecule has 17 heavy (non-hydrogen) atoms. The smallest absolute Gasteiger partial charge is 0.302 e. The fourth-order valence-corrected chi connectivity index (χ4v) is 1.36. The van der Waals surface area contributed by atoms with E-state index in [-0.39, 0.29) is 47.5 Å². The number of carbonyl (C=O) groups is 2. The minimum atomic E-state index is -0.508. The van der Waals surface area contributed by atoms with E-state index in [0.29, 0.717) is 13.1 Å². The molecule has 8 heteroatoms. The fourth-order valence-electron chi connectivity index (χ4n) is 0.936. The van der Waals surface area contributed by atoms with Crippen molar-refractivity contribution in [1.82, 2.24) is 4.90 Å². The first-order valence-corrected chi connectivity index (χ1v) is 5.70. The van der Waals surface area contributed by atoms with Crippen molar-refractivity contribution < 1.29 is 41.4 Å². The Morgan fingerprint density at radius 2 is 1.41 bits per heavy atom. The number of hydrogen-bond acceptors (Lipinski definition) is 7. The van der Waals surface area contributed by atoms with Crippen LogP contribution in [0.4, 0.5) is 0 Å². The molecule has 0 aromatic carbocycles. The summed E-state index contributed by atoms with van der Waals surface area (Å²) < 4.78 is 9.03. The van der Waals surface area contributed by atoms with Crippen molar-refractivity contribution in [1.29, 1.82) is 0 Å². The van der Waals surface area contributed by atoms with Crippen LogP contribution in [0.3, 0.4) is 0 Å². The van der Waals surface area contributed by atoms with Gasteiger partial charge in [-0.3, -0.25) is 9.59 Å². The van der Waals surface area contributed by atoms with Crippen molar-refractivity contribution in [3.8, 4) is 0 Å². The Morgan fingerprint density at radius 1 is 1.06 bits per heavy atom. The molecule has 0 aliphatic rings. The first kappa shape index (κ1) is 19.7. The molecule has 0 saturated heterocycles. The predicted octanol–water partition coefficient (Wildman–Crippen LogP) is -0.211. The summed E-state index contributed by atoms with van der Waals surface area (Å²) in [6.07, 6.45) is 0. The first-order chi connectivity index (χ1) is 7.43. The van der Waals surface area contributed by atoms with Gasteiger partial charge in [0, 0.05) is 49.3 Å². The number of carbonyl (C=O) groups excluding carboxylic acids is 2. The minimum absolute atomic E-state index is 0. The summed E-state index contributed by atoms with van der Waals surface area (Å²) in [6.45, 7) is 4.03. The van der Waals surface area contributed by atoms with E-state index >= 15 is 0 Å². The van der Waals surface area contributed by atoms with Crippen molar-refractivity contribution >= 4 is 37.2 Å². The molecule has 0 amide bonds. The van der Waals surface area contributed by atoms with E-state index in [1.807, 2.05) is 0 Å². The summed E-state index contributed by atoms with van der Waals surface area (Å²) in [4.78, 5) is 22.8. The Labute approximate surface area is 128 Å². The molecule has 0 heterocycles. The molecule has 0 aromatic heterocycles. The third-order valence-electron chi connectivity index (χ3n) is 1.67. The molecular formula is C9H15AuNO4S2-2. The van der Waals surface area contributed by atoms with Gasteiger partial charge in [-0.1, -0.05) is 0 Å². The van der Waals surface area contributed by atoms with E-state index in [2.05, 4.69) is 0 Å². The van der Waals surface area contributed by atoms with Crippen molar-refractivity contribution in [2.75, 3.05) is 26.3 Å². The van der Waals surface area contributed by atoms with Gasteiger partial charge in [-0.2, -0.15) is 0 Å². The van der Waals surface area contributed by atoms with Crippen LogP contribution in [0.25, 0.3) is 0 Å². The van der Waals surface area contributed by atoms with Crippen LogP contribution < -0.4 is 0 Å². The summed E-state index contributed by atoms with van der Waals surface area (Å²) >= 11 is 9.84. The summed E-state index contributed by atoms with van der Waals surface area (Å²) in [5.74, 6) is -0.685. The van der Waals surface area contributed by atoms with Crippen molar-refractivity contribution in [3.63, 3.8) is 0 Å². The molecule has 0 fully saturated rings. The number of nitrogens with zero attached hydrogens (tertiary/aromatic N) is 1. The molecule has 1 radical (unpaired) electrons. The SMILES string of the molecule is CC(=O)OCCN(CCOC(C)=O)C([S-])[S-].[Au]. The van der Waals surface area contributed by atoms with Crippen molar-refractivity contribution in [2.24, 2.45) is 0 Å². The van der Waals surface area contributed by atoms with Crippen LogP contribution >= 0.6 is 0 Å². The van der Waals surface area contributed by atoms with Gasteiger partial charge in [0.15, 0.2) is 0 Å². The summed E-state index contributed by atoms with van der Waals surface area (Å²) in [6, 6.07) is 0. The minimum Gasteiger partial charge on any atom is -0.800 e. The molecule has 0 bridgehead atoms. The quantitative estimate of drug-likeness (QED) is 0.295.